The predicted octanol–water partition coefficient (Wildman–Crippen LogP) is 1.27. The third kappa shape index (κ3) is 2.88. The van der Waals surface area contributed by atoms with Crippen molar-refractivity contribution in [3.05, 3.63) is 0 Å². The highest BCUT2D eigenvalue weighted by atomic mass is 32.2. The first-order valence-electron chi connectivity index (χ1n) is 5.88. The minimum Gasteiger partial charge on any atom is -0.353 e. The Labute approximate surface area is 95.6 Å². The normalized spacial score (nSPS) is 29.3. The second kappa shape index (κ2) is 4.74. The molecule has 1 aliphatic carbocycles. The Bertz CT molecular complexity index is 235. The van der Waals surface area contributed by atoms with Gasteiger partial charge in [-0.05, 0) is 37.9 Å². The van der Waals surface area contributed by atoms with Crippen LogP contribution >= 0.6 is 11.8 Å². The van der Waals surface area contributed by atoms with Gasteiger partial charge in [0.2, 0.25) is 5.91 Å². The zero-order valence-corrected chi connectivity index (χ0v) is 9.94. The molecule has 1 amide bonds. The lowest BCUT2D eigenvalue weighted by atomic mass is 9.78. The Kier molecular flexibility index (Phi) is 3.57. The van der Waals surface area contributed by atoms with Crippen LogP contribution in [0.1, 0.15) is 38.5 Å². The number of amides is 1. The summed E-state index contributed by atoms with van der Waals surface area (Å²) in [5.74, 6) is 1.34. The molecule has 1 aliphatic heterocycles. The molecule has 4 heteroatoms. The summed E-state index contributed by atoms with van der Waals surface area (Å²) in [6.07, 6.45) is 6.82. The van der Waals surface area contributed by atoms with E-state index < -0.39 is 0 Å². The minimum atomic E-state index is -0.0883. The molecule has 0 radical (unpaired) electrons. The lowest BCUT2D eigenvalue weighted by Crippen LogP contribution is -2.55. The lowest BCUT2D eigenvalue weighted by Gasteiger charge is -2.38. The van der Waals surface area contributed by atoms with Gasteiger partial charge in [-0.1, -0.05) is 6.42 Å². The third-order valence-electron chi connectivity index (χ3n) is 3.44. The molecule has 86 valence electrons. The van der Waals surface area contributed by atoms with Gasteiger partial charge in [0.1, 0.15) is 0 Å². The molecule has 1 saturated heterocycles. The van der Waals surface area contributed by atoms with Gasteiger partial charge in [0.15, 0.2) is 0 Å². The number of nitrogens with one attached hydrogen (secondary N) is 1. The summed E-state index contributed by atoms with van der Waals surface area (Å²) >= 11 is 1.79. The minimum absolute atomic E-state index is 0.0883. The van der Waals surface area contributed by atoms with Crippen LogP contribution in [0, 0.1) is 0 Å². The van der Waals surface area contributed by atoms with Gasteiger partial charge in [-0.15, -0.1) is 11.8 Å². The number of hydrogen-bond donors (Lipinski definition) is 2. The molecule has 2 aliphatic rings. The lowest BCUT2D eigenvalue weighted by molar-refractivity contribution is -0.121. The number of carbonyl (C=O) groups excluding carboxylic acids is 1. The highest BCUT2D eigenvalue weighted by Crippen LogP contribution is 2.29. The van der Waals surface area contributed by atoms with Crippen LogP contribution in [0.3, 0.4) is 0 Å². The Balaban J connectivity index is 1.71. The van der Waals surface area contributed by atoms with E-state index in [1.807, 2.05) is 0 Å². The highest BCUT2D eigenvalue weighted by molar-refractivity contribution is 8.00. The molecule has 1 heterocycles. The molecule has 3 N–H and O–H groups in total. The second-order valence-electron chi connectivity index (χ2n) is 4.79. The SMILES string of the molecule is NC1(CNC(=O)C2CCCCS2)CCC1. The quantitative estimate of drug-likeness (QED) is 0.765. The molecule has 0 aromatic carbocycles. The van der Waals surface area contributed by atoms with Crippen LogP contribution in [-0.4, -0.2) is 29.0 Å². The fourth-order valence-electron chi connectivity index (χ4n) is 2.13. The molecule has 0 aromatic heterocycles. The van der Waals surface area contributed by atoms with E-state index in [1.165, 1.54) is 19.3 Å². The van der Waals surface area contributed by atoms with Gasteiger partial charge < -0.3 is 11.1 Å². The predicted molar refractivity (Wildman–Crippen MR) is 63.9 cm³/mol. The van der Waals surface area contributed by atoms with Gasteiger partial charge in [0, 0.05) is 12.1 Å². The maximum atomic E-state index is 11.8. The Morgan fingerprint density at radius 3 is 2.73 bits per heavy atom. The third-order valence-corrected chi connectivity index (χ3v) is 4.81. The Morgan fingerprint density at radius 1 is 1.40 bits per heavy atom. The molecule has 1 unspecified atom stereocenters. The average molecular weight is 228 g/mol. The van der Waals surface area contributed by atoms with E-state index in [4.69, 9.17) is 5.73 Å². The van der Waals surface area contributed by atoms with Crippen LogP contribution in [0.5, 0.6) is 0 Å². The molecular formula is C11H20N2OS. The average Bonchev–Trinajstić information content (AvgIpc) is 2.24. The summed E-state index contributed by atoms with van der Waals surface area (Å²) in [5.41, 5.74) is 5.97. The fourth-order valence-corrected chi connectivity index (χ4v) is 3.36. The first-order chi connectivity index (χ1) is 7.20. The highest BCUT2D eigenvalue weighted by Gasteiger charge is 2.33. The van der Waals surface area contributed by atoms with Crippen LogP contribution in [-0.2, 0) is 4.79 Å². The van der Waals surface area contributed by atoms with Gasteiger partial charge in [0.05, 0.1) is 5.25 Å². The van der Waals surface area contributed by atoms with E-state index in [0.29, 0.717) is 6.54 Å². The van der Waals surface area contributed by atoms with Gasteiger partial charge >= 0.3 is 0 Å². The fraction of sp³-hybridized carbons (Fsp3) is 0.909. The first-order valence-corrected chi connectivity index (χ1v) is 6.93. The zero-order chi connectivity index (χ0) is 10.7. The van der Waals surface area contributed by atoms with Crippen molar-refractivity contribution in [1.29, 1.82) is 0 Å². The maximum Gasteiger partial charge on any atom is 0.233 e. The van der Waals surface area contributed by atoms with Crippen LogP contribution in [0.15, 0.2) is 0 Å². The Hall–Kier alpha value is -0.220. The molecule has 1 saturated carbocycles. The van der Waals surface area contributed by atoms with E-state index in [1.54, 1.807) is 11.8 Å². The standard InChI is InChI=1S/C11H20N2OS/c12-11(5-3-6-11)8-13-10(14)9-4-1-2-7-15-9/h9H,1-8,12H2,(H,13,14). The summed E-state index contributed by atoms with van der Waals surface area (Å²) in [6, 6.07) is 0. The number of nitrogens with two attached hydrogens (primary N) is 1. The molecule has 1 atom stereocenters. The molecule has 2 fully saturated rings. The van der Waals surface area contributed by atoms with Crippen LogP contribution in [0.2, 0.25) is 0 Å². The van der Waals surface area contributed by atoms with Crippen molar-refractivity contribution in [3.63, 3.8) is 0 Å². The van der Waals surface area contributed by atoms with E-state index >= 15 is 0 Å². The van der Waals surface area contributed by atoms with Crippen molar-refractivity contribution in [2.75, 3.05) is 12.3 Å². The Morgan fingerprint density at radius 2 is 2.20 bits per heavy atom. The van der Waals surface area contributed by atoms with E-state index in [2.05, 4.69) is 5.32 Å². The summed E-state index contributed by atoms with van der Waals surface area (Å²) in [6.45, 7) is 0.670. The van der Waals surface area contributed by atoms with Crippen molar-refractivity contribution in [2.45, 2.75) is 49.3 Å². The van der Waals surface area contributed by atoms with Crippen LogP contribution in [0.25, 0.3) is 0 Å². The van der Waals surface area contributed by atoms with Crippen molar-refractivity contribution in [1.82, 2.24) is 5.32 Å². The number of carbonyl (C=O) groups is 1. The van der Waals surface area contributed by atoms with Crippen molar-refractivity contribution >= 4 is 17.7 Å². The second-order valence-corrected chi connectivity index (χ2v) is 6.10. The summed E-state index contributed by atoms with van der Waals surface area (Å²) < 4.78 is 0. The largest absolute Gasteiger partial charge is 0.353 e. The summed E-state index contributed by atoms with van der Waals surface area (Å²) in [5, 5.41) is 3.19. The van der Waals surface area contributed by atoms with Gasteiger partial charge in [-0.25, -0.2) is 0 Å². The molecule has 2 rings (SSSR count). The number of rotatable bonds is 3. The number of hydrogen-bond acceptors (Lipinski definition) is 3. The molecule has 3 nitrogen and oxygen atoms in total. The molecular weight excluding hydrogens is 208 g/mol. The molecule has 15 heavy (non-hydrogen) atoms. The summed E-state index contributed by atoms with van der Waals surface area (Å²) in [7, 11) is 0. The molecule has 0 spiro atoms. The van der Waals surface area contributed by atoms with E-state index in [9.17, 15) is 4.79 Å². The molecule has 0 aromatic rings. The van der Waals surface area contributed by atoms with Gasteiger partial charge in [-0.3, -0.25) is 4.79 Å². The van der Waals surface area contributed by atoms with E-state index in [0.717, 1.165) is 25.0 Å². The molecule has 0 bridgehead atoms. The van der Waals surface area contributed by atoms with Crippen molar-refractivity contribution < 1.29 is 4.79 Å². The number of thioether (sulfide) groups is 1. The van der Waals surface area contributed by atoms with Gasteiger partial charge in [-0.2, -0.15) is 0 Å². The van der Waals surface area contributed by atoms with E-state index in [-0.39, 0.29) is 16.7 Å². The van der Waals surface area contributed by atoms with Crippen LogP contribution in [0.4, 0.5) is 0 Å². The smallest absolute Gasteiger partial charge is 0.233 e. The maximum absolute atomic E-state index is 11.8. The topological polar surface area (TPSA) is 55.1 Å². The summed E-state index contributed by atoms with van der Waals surface area (Å²) in [4.78, 5) is 11.8. The zero-order valence-electron chi connectivity index (χ0n) is 9.13. The monoisotopic (exact) mass is 228 g/mol. The van der Waals surface area contributed by atoms with Crippen LogP contribution < -0.4 is 11.1 Å². The van der Waals surface area contributed by atoms with Gasteiger partial charge in [0.25, 0.3) is 0 Å². The first kappa shape index (κ1) is 11.3. The van der Waals surface area contributed by atoms with Crippen molar-refractivity contribution in [2.24, 2.45) is 5.73 Å². The van der Waals surface area contributed by atoms with Crippen molar-refractivity contribution in [3.8, 4) is 0 Å².